The molecule has 1 atom stereocenters. The molecule has 2 aliphatic rings. The van der Waals surface area contributed by atoms with E-state index in [1.807, 2.05) is 6.07 Å². The first-order valence-electron chi connectivity index (χ1n) is 7.13. The van der Waals surface area contributed by atoms with E-state index < -0.39 is 0 Å². The Morgan fingerprint density at radius 3 is 2.58 bits per heavy atom. The Bertz CT molecular complexity index is 488. The molecule has 1 saturated carbocycles. The average molecular weight is 324 g/mol. The Balaban J connectivity index is 1.87. The van der Waals surface area contributed by atoms with Crippen LogP contribution >= 0.6 is 15.9 Å². The summed E-state index contributed by atoms with van der Waals surface area (Å²) in [6.45, 7) is 4.71. The van der Waals surface area contributed by atoms with E-state index >= 15 is 0 Å². The van der Waals surface area contributed by atoms with Crippen molar-refractivity contribution in [3.8, 4) is 5.75 Å². The first-order chi connectivity index (χ1) is 8.89. The Hall–Kier alpha value is -0.540. The summed E-state index contributed by atoms with van der Waals surface area (Å²) in [5, 5.41) is 0. The maximum absolute atomic E-state index is 6.39. The van der Waals surface area contributed by atoms with Gasteiger partial charge in [-0.1, -0.05) is 29.8 Å². The van der Waals surface area contributed by atoms with Gasteiger partial charge in [-0.15, -0.1) is 0 Å². The van der Waals surface area contributed by atoms with Crippen LogP contribution in [0.5, 0.6) is 5.75 Å². The summed E-state index contributed by atoms with van der Waals surface area (Å²) in [5.41, 5.74) is 7.97. The van der Waals surface area contributed by atoms with Crippen molar-refractivity contribution in [3.05, 3.63) is 28.2 Å². The molecule has 1 heterocycles. The second-order valence-electron chi connectivity index (χ2n) is 6.94. The second-order valence-corrected chi connectivity index (χ2v) is 7.86. The molecule has 1 aliphatic heterocycles. The molecule has 104 valence electrons. The van der Waals surface area contributed by atoms with E-state index in [0.717, 1.165) is 35.0 Å². The van der Waals surface area contributed by atoms with Crippen LogP contribution in [0.4, 0.5) is 0 Å². The Kier molecular flexibility index (Phi) is 3.18. The van der Waals surface area contributed by atoms with Crippen LogP contribution < -0.4 is 10.5 Å². The minimum Gasteiger partial charge on any atom is -0.487 e. The van der Waals surface area contributed by atoms with E-state index in [1.165, 1.54) is 12.8 Å². The predicted molar refractivity (Wildman–Crippen MR) is 81.3 cm³/mol. The van der Waals surface area contributed by atoms with Crippen molar-refractivity contribution in [2.24, 2.45) is 11.1 Å². The third kappa shape index (κ3) is 2.55. The molecule has 1 aromatic carbocycles. The number of ether oxygens (including phenoxy) is 1. The molecule has 0 unspecified atom stereocenters. The van der Waals surface area contributed by atoms with Gasteiger partial charge in [0.1, 0.15) is 11.4 Å². The number of fused-ring (bicyclic) bond motifs is 1. The number of hydrogen-bond donors (Lipinski definition) is 1. The highest BCUT2D eigenvalue weighted by atomic mass is 79.9. The normalized spacial score (nSPS) is 27.7. The fourth-order valence-electron chi connectivity index (χ4n) is 3.38. The van der Waals surface area contributed by atoms with Crippen LogP contribution in [0.3, 0.4) is 0 Å². The van der Waals surface area contributed by atoms with Gasteiger partial charge in [-0.3, -0.25) is 0 Å². The summed E-state index contributed by atoms with van der Waals surface area (Å²) in [5.74, 6) is 0.988. The van der Waals surface area contributed by atoms with Gasteiger partial charge in [0.05, 0.1) is 0 Å². The van der Waals surface area contributed by atoms with Crippen LogP contribution in [0.2, 0.25) is 0 Å². The van der Waals surface area contributed by atoms with Gasteiger partial charge in [0.15, 0.2) is 0 Å². The summed E-state index contributed by atoms with van der Waals surface area (Å²) in [4.78, 5) is 0. The molecular formula is C16H22BrNO. The summed E-state index contributed by atoms with van der Waals surface area (Å²) >= 11 is 3.51. The molecule has 0 radical (unpaired) electrons. The average Bonchev–Trinajstić information content (AvgIpc) is 2.35. The Morgan fingerprint density at radius 1 is 1.21 bits per heavy atom. The van der Waals surface area contributed by atoms with Crippen molar-refractivity contribution in [1.82, 2.24) is 0 Å². The van der Waals surface area contributed by atoms with Crippen LogP contribution in [-0.4, -0.2) is 5.60 Å². The summed E-state index contributed by atoms with van der Waals surface area (Å²) < 4.78 is 7.45. The van der Waals surface area contributed by atoms with Crippen molar-refractivity contribution < 1.29 is 4.74 Å². The van der Waals surface area contributed by atoms with Gasteiger partial charge in [0, 0.05) is 22.5 Å². The van der Waals surface area contributed by atoms with E-state index in [1.54, 1.807) is 0 Å². The SMILES string of the molecule is CC1(C)CCC2(CC1)C[C@@H](N)c1cc(Br)ccc1O2. The molecule has 1 fully saturated rings. The highest BCUT2D eigenvalue weighted by Gasteiger charge is 2.44. The zero-order valence-corrected chi connectivity index (χ0v) is 13.3. The lowest BCUT2D eigenvalue weighted by atomic mass is 9.68. The molecule has 1 spiro atoms. The predicted octanol–water partition coefficient (Wildman–Crippen LogP) is 4.57. The fraction of sp³-hybridized carbons (Fsp3) is 0.625. The monoisotopic (exact) mass is 323 g/mol. The molecule has 0 saturated heterocycles. The Labute approximate surface area is 123 Å². The van der Waals surface area contributed by atoms with Gasteiger partial charge in [-0.25, -0.2) is 0 Å². The smallest absolute Gasteiger partial charge is 0.124 e. The van der Waals surface area contributed by atoms with Crippen LogP contribution in [0, 0.1) is 5.41 Å². The van der Waals surface area contributed by atoms with Crippen LogP contribution in [0.1, 0.15) is 57.6 Å². The molecule has 1 aromatic rings. The lowest BCUT2D eigenvalue weighted by Crippen LogP contribution is -2.46. The summed E-state index contributed by atoms with van der Waals surface area (Å²) in [6.07, 6.45) is 5.66. The third-order valence-electron chi connectivity index (χ3n) is 4.80. The van der Waals surface area contributed by atoms with Gasteiger partial charge in [0.2, 0.25) is 0 Å². The van der Waals surface area contributed by atoms with Gasteiger partial charge in [-0.2, -0.15) is 0 Å². The first kappa shape index (κ1) is 13.4. The molecule has 2 N–H and O–H groups in total. The second kappa shape index (κ2) is 4.49. The van der Waals surface area contributed by atoms with Crippen LogP contribution in [0.15, 0.2) is 22.7 Å². The number of nitrogens with two attached hydrogens (primary N) is 1. The van der Waals surface area contributed by atoms with E-state index in [0.29, 0.717) is 5.41 Å². The number of rotatable bonds is 0. The molecule has 2 nitrogen and oxygen atoms in total. The van der Waals surface area contributed by atoms with Gasteiger partial charge >= 0.3 is 0 Å². The van der Waals surface area contributed by atoms with Crippen molar-refractivity contribution in [2.45, 2.75) is 57.6 Å². The highest BCUT2D eigenvalue weighted by Crippen LogP contribution is 2.49. The van der Waals surface area contributed by atoms with E-state index in [9.17, 15) is 0 Å². The number of benzene rings is 1. The van der Waals surface area contributed by atoms with Crippen molar-refractivity contribution in [3.63, 3.8) is 0 Å². The van der Waals surface area contributed by atoms with Gasteiger partial charge < -0.3 is 10.5 Å². The zero-order valence-electron chi connectivity index (χ0n) is 11.7. The molecular weight excluding hydrogens is 302 g/mol. The van der Waals surface area contributed by atoms with Crippen molar-refractivity contribution >= 4 is 15.9 Å². The minimum atomic E-state index is -0.0181. The minimum absolute atomic E-state index is 0.0181. The zero-order chi connectivity index (χ0) is 13.7. The van der Waals surface area contributed by atoms with Crippen LogP contribution in [-0.2, 0) is 0 Å². The largest absolute Gasteiger partial charge is 0.487 e. The van der Waals surface area contributed by atoms with E-state index in [4.69, 9.17) is 10.5 Å². The summed E-state index contributed by atoms with van der Waals surface area (Å²) in [6, 6.07) is 6.29. The molecule has 19 heavy (non-hydrogen) atoms. The first-order valence-corrected chi connectivity index (χ1v) is 7.93. The van der Waals surface area contributed by atoms with Crippen LogP contribution in [0.25, 0.3) is 0 Å². The highest BCUT2D eigenvalue weighted by molar-refractivity contribution is 9.10. The molecule has 3 rings (SSSR count). The van der Waals surface area contributed by atoms with Crippen molar-refractivity contribution in [1.29, 1.82) is 0 Å². The van der Waals surface area contributed by atoms with Crippen molar-refractivity contribution in [2.75, 3.05) is 0 Å². The van der Waals surface area contributed by atoms with E-state index in [2.05, 4.69) is 41.9 Å². The standard InChI is InChI=1S/C16H22BrNO/c1-15(2)5-7-16(8-6-15)10-13(18)12-9-11(17)3-4-14(12)19-16/h3-4,9,13H,5-8,10,18H2,1-2H3/t13-/m1/s1. The molecule has 1 aliphatic carbocycles. The number of hydrogen-bond acceptors (Lipinski definition) is 2. The maximum atomic E-state index is 6.39. The van der Waals surface area contributed by atoms with E-state index in [-0.39, 0.29) is 11.6 Å². The molecule has 3 heteroatoms. The lowest BCUT2D eigenvalue weighted by molar-refractivity contribution is -0.0260. The summed E-state index contributed by atoms with van der Waals surface area (Å²) in [7, 11) is 0. The Morgan fingerprint density at radius 2 is 1.89 bits per heavy atom. The topological polar surface area (TPSA) is 35.2 Å². The molecule has 0 aromatic heterocycles. The quantitative estimate of drug-likeness (QED) is 0.759. The van der Waals surface area contributed by atoms with Gasteiger partial charge in [-0.05, 0) is 49.3 Å². The number of halogens is 1. The third-order valence-corrected chi connectivity index (χ3v) is 5.30. The fourth-order valence-corrected chi connectivity index (χ4v) is 3.76. The maximum Gasteiger partial charge on any atom is 0.124 e. The lowest BCUT2D eigenvalue weighted by Gasteiger charge is -2.47. The van der Waals surface area contributed by atoms with Gasteiger partial charge in [0.25, 0.3) is 0 Å². The molecule has 0 bridgehead atoms. The molecule has 0 amide bonds.